The standard InChI is InChI=1S/C18H17N3O7S/c22-16(23)11-20-12-18(17(20)24,10-13-6-2-1-3-7-13)19-29(27,28)15-9-5-4-8-14(15)21(25)26/h1-9,19H,10-12H2,(H,22,23). The van der Waals surface area contributed by atoms with Crippen molar-refractivity contribution >= 4 is 27.6 Å². The Morgan fingerprint density at radius 2 is 1.79 bits per heavy atom. The summed E-state index contributed by atoms with van der Waals surface area (Å²) in [7, 11) is -4.45. The zero-order valence-corrected chi connectivity index (χ0v) is 15.8. The average Bonchev–Trinajstić information content (AvgIpc) is 2.67. The SMILES string of the molecule is O=C(O)CN1CC(Cc2ccccc2)(NS(=O)(=O)c2ccccc2[N+](=O)[O-])C1=O. The number of carbonyl (C=O) groups is 2. The van der Waals surface area contributed by atoms with Gasteiger partial charge in [0.15, 0.2) is 4.90 Å². The molecule has 3 rings (SSSR count). The number of hydrogen-bond donors (Lipinski definition) is 2. The molecule has 2 aromatic carbocycles. The van der Waals surface area contributed by atoms with Crippen LogP contribution >= 0.6 is 0 Å². The van der Waals surface area contributed by atoms with Gasteiger partial charge in [-0.3, -0.25) is 19.7 Å². The number of aliphatic carboxylic acids is 1. The molecule has 1 atom stereocenters. The number of benzene rings is 2. The van der Waals surface area contributed by atoms with Crippen LogP contribution < -0.4 is 4.72 Å². The molecule has 1 amide bonds. The number of carboxylic acid groups (broad SMARTS) is 1. The maximum atomic E-state index is 12.9. The second-order valence-electron chi connectivity index (χ2n) is 6.63. The summed E-state index contributed by atoms with van der Waals surface area (Å²) in [6.45, 7) is -0.741. The van der Waals surface area contributed by atoms with E-state index in [0.29, 0.717) is 5.56 Å². The normalized spacial score (nSPS) is 18.9. The fourth-order valence-electron chi connectivity index (χ4n) is 3.30. The number of nitro groups is 1. The predicted molar refractivity (Wildman–Crippen MR) is 101 cm³/mol. The number of sulfonamides is 1. The van der Waals surface area contributed by atoms with Gasteiger partial charge >= 0.3 is 5.97 Å². The highest BCUT2D eigenvalue weighted by atomic mass is 32.2. The minimum Gasteiger partial charge on any atom is -0.480 e. The third kappa shape index (κ3) is 4.10. The van der Waals surface area contributed by atoms with Crippen molar-refractivity contribution in [3.63, 3.8) is 0 Å². The Labute approximate surface area is 166 Å². The molecule has 10 nitrogen and oxygen atoms in total. The molecule has 0 aromatic heterocycles. The van der Waals surface area contributed by atoms with E-state index in [9.17, 15) is 28.1 Å². The number of amides is 1. The highest BCUT2D eigenvalue weighted by Crippen LogP contribution is 2.31. The zero-order chi connectivity index (χ0) is 21.2. The van der Waals surface area contributed by atoms with Gasteiger partial charge in [-0.1, -0.05) is 42.5 Å². The van der Waals surface area contributed by atoms with E-state index in [4.69, 9.17) is 5.11 Å². The van der Waals surface area contributed by atoms with Gasteiger partial charge in [-0.15, -0.1) is 0 Å². The first kappa shape index (κ1) is 20.4. The van der Waals surface area contributed by atoms with Gasteiger partial charge in [-0.2, -0.15) is 4.72 Å². The first-order chi connectivity index (χ1) is 13.6. The molecule has 152 valence electrons. The smallest absolute Gasteiger partial charge is 0.323 e. The number of hydrogen-bond acceptors (Lipinski definition) is 6. The van der Waals surface area contributed by atoms with E-state index in [1.165, 1.54) is 12.1 Å². The second kappa shape index (κ2) is 7.60. The Kier molecular flexibility index (Phi) is 5.36. The molecule has 1 heterocycles. The number of rotatable bonds is 8. The van der Waals surface area contributed by atoms with Crippen LogP contribution in [0.5, 0.6) is 0 Å². The van der Waals surface area contributed by atoms with Gasteiger partial charge in [0.2, 0.25) is 15.9 Å². The first-order valence-electron chi connectivity index (χ1n) is 8.47. The molecule has 0 spiro atoms. The molecule has 0 aliphatic carbocycles. The molecule has 2 N–H and O–H groups in total. The van der Waals surface area contributed by atoms with E-state index in [0.717, 1.165) is 17.0 Å². The van der Waals surface area contributed by atoms with Crippen LogP contribution in [0.3, 0.4) is 0 Å². The average molecular weight is 419 g/mol. The number of para-hydroxylation sites is 1. The molecule has 1 saturated heterocycles. The fraction of sp³-hybridized carbons (Fsp3) is 0.222. The van der Waals surface area contributed by atoms with Crippen LogP contribution in [0.1, 0.15) is 5.56 Å². The van der Waals surface area contributed by atoms with Crippen LogP contribution in [0.2, 0.25) is 0 Å². The first-order valence-corrected chi connectivity index (χ1v) is 9.95. The van der Waals surface area contributed by atoms with E-state index in [-0.39, 0.29) is 13.0 Å². The lowest BCUT2D eigenvalue weighted by molar-refractivity contribution is -0.387. The summed E-state index contributed by atoms with van der Waals surface area (Å²) in [5, 5.41) is 20.1. The molecule has 1 fully saturated rings. The van der Waals surface area contributed by atoms with Gasteiger partial charge in [0, 0.05) is 19.0 Å². The molecule has 0 radical (unpaired) electrons. The molecule has 0 bridgehead atoms. The number of nitrogens with one attached hydrogen (secondary N) is 1. The third-order valence-corrected chi connectivity index (χ3v) is 6.10. The number of β-lactam (4-membered cyclic amide) rings is 1. The molecule has 1 aliphatic heterocycles. The lowest BCUT2D eigenvalue weighted by Crippen LogP contribution is -2.75. The van der Waals surface area contributed by atoms with E-state index in [1.54, 1.807) is 30.3 Å². The highest BCUT2D eigenvalue weighted by Gasteiger charge is 2.55. The van der Waals surface area contributed by atoms with Crippen LogP contribution in [-0.2, 0) is 26.0 Å². The van der Waals surface area contributed by atoms with Gasteiger partial charge in [0.05, 0.1) is 4.92 Å². The number of nitrogens with zero attached hydrogens (tertiary/aromatic N) is 2. The lowest BCUT2D eigenvalue weighted by atomic mass is 9.83. The van der Waals surface area contributed by atoms with E-state index >= 15 is 0 Å². The minimum atomic E-state index is -4.45. The maximum Gasteiger partial charge on any atom is 0.323 e. The highest BCUT2D eigenvalue weighted by molar-refractivity contribution is 7.89. The molecule has 2 aromatic rings. The van der Waals surface area contributed by atoms with Crippen molar-refractivity contribution in [2.75, 3.05) is 13.1 Å². The van der Waals surface area contributed by atoms with E-state index < -0.39 is 49.5 Å². The largest absolute Gasteiger partial charge is 0.480 e. The van der Waals surface area contributed by atoms with Gasteiger partial charge in [-0.05, 0) is 11.6 Å². The maximum absolute atomic E-state index is 12.9. The molecular formula is C18H17N3O7S. The van der Waals surface area contributed by atoms with Gasteiger partial charge < -0.3 is 10.0 Å². The Hall–Kier alpha value is -3.31. The van der Waals surface area contributed by atoms with Crippen molar-refractivity contribution in [3.05, 3.63) is 70.3 Å². The molecule has 29 heavy (non-hydrogen) atoms. The van der Waals surface area contributed by atoms with Crippen molar-refractivity contribution < 1.29 is 28.0 Å². The number of carbonyl (C=O) groups excluding carboxylic acids is 1. The molecule has 1 aliphatic rings. The van der Waals surface area contributed by atoms with Gasteiger partial charge in [0.25, 0.3) is 5.69 Å². The van der Waals surface area contributed by atoms with Crippen LogP contribution in [-0.4, -0.2) is 53.9 Å². The Bertz CT molecular complexity index is 1070. The molecule has 0 saturated carbocycles. The zero-order valence-electron chi connectivity index (χ0n) is 15.0. The van der Waals surface area contributed by atoms with E-state index in [1.807, 2.05) is 0 Å². The Morgan fingerprint density at radius 3 is 2.38 bits per heavy atom. The third-order valence-electron chi connectivity index (χ3n) is 4.51. The topological polar surface area (TPSA) is 147 Å². The summed E-state index contributed by atoms with van der Waals surface area (Å²) in [5.41, 5.74) is -1.59. The van der Waals surface area contributed by atoms with Crippen molar-refractivity contribution in [1.29, 1.82) is 0 Å². The second-order valence-corrected chi connectivity index (χ2v) is 8.28. The monoisotopic (exact) mass is 419 g/mol. The fourth-order valence-corrected chi connectivity index (χ4v) is 4.83. The quantitative estimate of drug-likeness (QED) is 0.365. The summed E-state index contributed by atoms with van der Waals surface area (Å²) in [6.07, 6.45) is -0.0251. The summed E-state index contributed by atoms with van der Waals surface area (Å²) >= 11 is 0. The summed E-state index contributed by atoms with van der Waals surface area (Å²) in [4.78, 5) is 34.5. The van der Waals surface area contributed by atoms with Crippen molar-refractivity contribution in [3.8, 4) is 0 Å². The van der Waals surface area contributed by atoms with E-state index in [2.05, 4.69) is 4.72 Å². The predicted octanol–water partition coefficient (Wildman–Crippen LogP) is 0.781. The molecule has 1 unspecified atom stereocenters. The summed E-state index contributed by atoms with van der Waals surface area (Å²) in [6, 6.07) is 13.4. The van der Waals surface area contributed by atoms with Crippen LogP contribution in [0, 0.1) is 10.1 Å². The van der Waals surface area contributed by atoms with Crippen LogP contribution in [0.4, 0.5) is 5.69 Å². The van der Waals surface area contributed by atoms with Crippen LogP contribution in [0.25, 0.3) is 0 Å². The van der Waals surface area contributed by atoms with Crippen molar-refractivity contribution in [2.45, 2.75) is 16.9 Å². The van der Waals surface area contributed by atoms with Gasteiger partial charge in [-0.25, -0.2) is 8.42 Å². The Morgan fingerprint density at radius 1 is 1.17 bits per heavy atom. The number of nitro benzene ring substituents is 1. The van der Waals surface area contributed by atoms with Crippen LogP contribution in [0.15, 0.2) is 59.5 Å². The summed E-state index contributed by atoms with van der Waals surface area (Å²) in [5.74, 6) is -1.93. The summed E-state index contributed by atoms with van der Waals surface area (Å²) < 4.78 is 28.2. The van der Waals surface area contributed by atoms with Gasteiger partial charge in [0.1, 0.15) is 12.1 Å². The van der Waals surface area contributed by atoms with Crippen molar-refractivity contribution in [1.82, 2.24) is 9.62 Å². The number of carboxylic acids is 1. The van der Waals surface area contributed by atoms with Crippen molar-refractivity contribution in [2.24, 2.45) is 0 Å². The number of likely N-dealkylation sites (tertiary alicyclic amines) is 1. The molecular weight excluding hydrogens is 402 g/mol. The Balaban J connectivity index is 1.97. The molecule has 11 heteroatoms. The minimum absolute atomic E-state index is 0.0251. The lowest BCUT2D eigenvalue weighted by Gasteiger charge is -2.48.